The van der Waals surface area contributed by atoms with Gasteiger partial charge < -0.3 is 0 Å². The fraction of sp³-hybridized carbons (Fsp3) is 0.667. The molecule has 0 fully saturated rings. The van der Waals surface area contributed by atoms with Crippen LogP contribution in [-0.4, -0.2) is 18.0 Å². The van der Waals surface area contributed by atoms with Crippen LogP contribution in [0.5, 0.6) is 0 Å². The Kier molecular flexibility index (Phi) is 3.61. The molecule has 0 saturated carbocycles. The maximum absolute atomic E-state index is 11.3. The van der Waals surface area contributed by atoms with Crippen molar-refractivity contribution in [3.63, 3.8) is 0 Å². The number of hydrogen-bond donors (Lipinski definition) is 0. The first-order valence-corrected chi connectivity index (χ1v) is 4.49. The van der Waals surface area contributed by atoms with Gasteiger partial charge in [-0.3, -0.25) is 4.79 Å². The normalized spacial score (nSPS) is 21.2. The monoisotopic (exact) mass is 182 g/mol. The minimum atomic E-state index is -0.185. The Morgan fingerprint density at radius 1 is 1.62 bits per heavy atom. The number of rotatable bonds is 3. The molecule has 0 aromatic heterocycles. The van der Waals surface area contributed by atoms with Crippen molar-refractivity contribution >= 4 is 5.91 Å². The van der Waals surface area contributed by atoms with E-state index < -0.39 is 0 Å². The third-order valence-electron chi connectivity index (χ3n) is 2.32. The highest BCUT2D eigenvalue weighted by atomic mass is 16.3. The van der Waals surface area contributed by atoms with Gasteiger partial charge in [-0.05, 0) is 25.2 Å². The van der Waals surface area contributed by atoms with Crippen molar-refractivity contribution in [2.75, 3.05) is 7.05 Å². The van der Waals surface area contributed by atoms with Gasteiger partial charge in [0.1, 0.15) is 0 Å². The zero-order chi connectivity index (χ0) is 9.68. The molecule has 1 aliphatic carbocycles. The van der Waals surface area contributed by atoms with Crippen LogP contribution in [0.3, 0.4) is 0 Å². The molecule has 1 rings (SSSR count). The van der Waals surface area contributed by atoms with E-state index in [1.807, 2.05) is 0 Å². The minimum absolute atomic E-state index is 0.185. The number of nitrogens with zero attached hydrogens (tertiary/aromatic N) is 2. The van der Waals surface area contributed by atoms with E-state index in [-0.39, 0.29) is 5.91 Å². The molecular weight excluding hydrogens is 168 g/mol. The van der Waals surface area contributed by atoms with Crippen molar-refractivity contribution in [1.82, 2.24) is 5.01 Å². The Bertz CT molecular complexity index is 226. The zero-order valence-corrected chi connectivity index (χ0v) is 7.77. The van der Waals surface area contributed by atoms with Crippen LogP contribution in [0.1, 0.15) is 25.7 Å². The lowest BCUT2D eigenvalue weighted by Crippen LogP contribution is -2.23. The molecule has 13 heavy (non-hydrogen) atoms. The van der Waals surface area contributed by atoms with Gasteiger partial charge in [-0.15, -0.1) is 4.91 Å². The van der Waals surface area contributed by atoms with Gasteiger partial charge in [0, 0.05) is 13.5 Å². The van der Waals surface area contributed by atoms with Crippen LogP contribution in [0.2, 0.25) is 0 Å². The second kappa shape index (κ2) is 4.74. The summed E-state index contributed by atoms with van der Waals surface area (Å²) < 4.78 is 0. The van der Waals surface area contributed by atoms with E-state index in [9.17, 15) is 9.70 Å². The highest BCUT2D eigenvalue weighted by Gasteiger charge is 2.17. The summed E-state index contributed by atoms with van der Waals surface area (Å²) in [5.74, 6) is 0.206. The molecule has 0 aromatic carbocycles. The molecule has 0 radical (unpaired) electrons. The Morgan fingerprint density at radius 2 is 2.38 bits per heavy atom. The highest BCUT2D eigenvalue weighted by molar-refractivity contribution is 5.75. The summed E-state index contributed by atoms with van der Waals surface area (Å²) >= 11 is 0. The van der Waals surface area contributed by atoms with E-state index in [2.05, 4.69) is 17.4 Å². The molecule has 72 valence electrons. The fourth-order valence-corrected chi connectivity index (χ4v) is 1.47. The van der Waals surface area contributed by atoms with Crippen LogP contribution in [0.4, 0.5) is 0 Å². The number of carbonyl (C=O) groups excluding carboxylic acids is 1. The van der Waals surface area contributed by atoms with Gasteiger partial charge in [0.05, 0.1) is 5.29 Å². The van der Waals surface area contributed by atoms with Crippen LogP contribution in [0.15, 0.2) is 17.4 Å². The lowest BCUT2D eigenvalue weighted by molar-refractivity contribution is -0.131. The van der Waals surface area contributed by atoms with Gasteiger partial charge in [-0.1, -0.05) is 12.2 Å². The van der Waals surface area contributed by atoms with E-state index in [1.54, 1.807) is 0 Å². The molecular formula is C9H14N2O2. The maximum atomic E-state index is 11.3. The molecule has 1 atom stereocenters. The molecule has 0 heterocycles. The van der Waals surface area contributed by atoms with E-state index in [0.717, 1.165) is 24.3 Å². The van der Waals surface area contributed by atoms with Gasteiger partial charge in [0.15, 0.2) is 0 Å². The number of hydrogen-bond acceptors (Lipinski definition) is 3. The van der Waals surface area contributed by atoms with Crippen molar-refractivity contribution < 1.29 is 4.79 Å². The molecule has 0 spiro atoms. The van der Waals surface area contributed by atoms with Crippen LogP contribution < -0.4 is 0 Å². The molecule has 4 nitrogen and oxygen atoms in total. The predicted molar refractivity (Wildman–Crippen MR) is 49.7 cm³/mol. The average Bonchev–Trinajstić information content (AvgIpc) is 2.18. The van der Waals surface area contributed by atoms with Crippen LogP contribution in [-0.2, 0) is 4.79 Å². The number of nitroso groups, excluding NO2 is 1. The molecule has 0 aromatic rings. The SMILES string of the molecule is CN(N=O)C(=O)CC1CC=CCC1. The highest BCUT2D eigenvalue weighted by Crippen LogP contribution is 2.21. The van der Waals surface area contributed by atoms with Crippen molar-refractivity contribution in [1.29, 1.82) is 0 Å². The summed E-state index contributed by atoms with van der Waals surface area (Å²) in [6.07, 6.45) is 7.68. The Labute approximate surface area is 77.5 Å². The van der Waals surface area contributed by atoms with Gasteiger partial charge in [-0.2, -0.15) is 5.01 Å². The summed E-state index contributed by atoms with van der Waals surface area (Å²) in [6, 6.07) is 0. The molecule has 1 unspecified atom stereocenters. The van der Waals surface area contributed by atoms with Crippen molar-refractivity contribution in [3.8, 4) is 0 Å². The van der Waals surface area contributed by atoms with Gasteiger partial charge in [0.25, 0.3) is 0 Å². The number of allylic oxidation sites excluding steroid dienone is 2. The predicted octanol–water partition coefficient (Wildman–Crippen LogP) is 1.87. The van der Waals surface area contributed by atoms with Crippen molar-refractivity contribution in [3.05, 3.63) is 17.1 Å². The first kappa shape index (κ1) is 9.89. The second-order valence-electron chi connectivity index (χ2n) is 3.35. The quantitative estimate of drug-likeness (QED) is 0.380. The standard InChI is InChI=1S/C9H14N2O2/c1-11(10-13)9(12)7-8-5-3-2-4-6-8/h2-3,8H,4-7H2,1H3. The lowest BCUT2D eigenvalue weighted by atomic mass is 9.91. The third kappa shape index (κ3) is 2.97. The molecule has 0 saturated heterocycles. The Hall–Kier alpha value is -1.19. The van der Waals surface area contributed by atoms with Crippen molar-refractivity contribution in [2.45, 2.75) is 25.7 Å². The minimum Gasteiger partial charge on any atom is -0.273 e. The van der Waals surface area contributed by atoms with Gasteiger partial charge in [-0.25, -0.2) is 0 Å². The molecule has 0 N–H and O–H groups in total. The second-order valence-corrected chi connectivity index (χ2v) is 3.35. The van der Waals surface area contributed by atoms with Gasteiger partial charge >= 0.3 is 0 Å². The van der Waals surface area contributed by atoms with E-state index >= 15 is 0 Å². The summed E-state index contributed by atoms with van der Waals surface area (Å²) in [5, 5.41) is 3.44. The molecule has 1 amide bonds. The van der Waals surface area contributed by atoms with E-state index in [0.29, 0.717) is 12.3 Å². The lowest BCUT2D eigenvalue weighted by Gasteiger charge is -2.17. The van der Waals surface area contributed by atoms with E-state index in [1.165, 1.54) is 7.05 Å². The summed E-state index contributed by atoms with van der Waals surface area (Å²) in [6.45, 7) is 0. The zero-order valence-electron chi connectivity index (χ0n) is 7.77. The molecule has 0 aliphatic heterocycles. The van der Waals surface area contributed by atoms with Crippen molar-refractivity contribution in [2.24, 2.45) is 11.2 Å². The Balaban J connectivity index is 2.35. The van der Waals surface area contributed by atoms with E-state index in [4.69, 9.17) is 0 Å². The summed E-state index contributed by atoms with van der Waals surface area (Å²) in [7, 11) is 1.40. The number of amides is 1. The van der Waals surface area contributed by atoms with Crippen LogP contribution >= 0.6 is 0 Å². The van der Waals surface area contributed by atoms with Crippen LogP contribution in [0.25, 0.3) is 0 Å². The smallest absolute Gasteiger partial charge is 0.245 e. The summed E-state index contributed by atoms with van der Waals surface area (Å²) in [5.41, 5.74) is 0. The molecule has 1 aliphatic rings. The number of carbonyl (C=O) groups is 1. The summed E-state index contributed by atoms with van der Waals surface area (Å²) in [4.78, 5) is 21.3. The first-order chi connectivity index (χ1) is 6.24. The molecule has 4 heteroatoms. The maximum Gasteiger partial charge on any atom is 0.245 e. The topological polar surface area (TPSA) is 49.7 Å². The van der Waals surface area contributed by atoms with Crippen LogP contribution in [0, 0.1) is 10.8 Å². The average molecular weight is 182 g/mol. The fourth-order valence-electron chi connectivity index (χ4n) is 1.47. The molecule has 0 bridgehead atoms. The largest absolute Gasteiger partial charge is 0.273 e. The first-order valence-electron chi connectivity index (χ1n) is 4.49. The van der Waals surface area contributed by atoms with Gasteiger partial charge in [0.2, 0.25) is 5.91 Å². The third-order valence-corrected chi connectivity index (χ3v) is 2.32. The Morgan fingerprint density at radius 3 is 2.92 bits per heavy atom.